The summed E-state index contributed by atoms with van der Waals surface area (Å²) in [6.45, 7) is 19.6. The quantitative estimate of drug-likeness (QED) is 0.508. The van der Waals surface area contributed by atoms with Crippen LogP contribution in [-0.4, -0.2) is 13.2 Å². The lowest BCUT2D eigenvalue weighted by molar-refractivity contribution is -0.313. The van der Waals surface area contributed by atoms with Crippen molar-refractivity contribution in [2.45, 2.75) is 68.4 Å². The molecule has 0 aromatic heterocycles. The van der Waals surface area contributed by atoms with Crippen LogP contribution < -0.4 is 0 Å². The first-order valence-corrected chi connectivity index (χ1v) is 8.15. The molecule has 0 aromatic rings. The van der Waals surface area contributed by atoms with Crippen LogP contribution in [0.5, 0.6) is 0 Å². The first-order chi connectivity index (χ1) is 9.81. The largest absolute Gasteiger partial charge is 0.466 e. The highest BCUT2D eigenvalue weighted by Gasteiger charge is 2.40. The van der Waals surface area contributed by atoms with Gasteiger partial charge >= 0.3 is 0 Å². The Hall–Kier alpha value is -0.800. The van der Waals surface area contributed by atoms with Gasteiger partial charge in [0.1, 0.15) is 11.5 Å². The maximum absolute atomic E-state index is 6.25. The van der Waals surface area contributed by atoms with Gasteiger partial charge in [0.15, 0.2) is 0 Å². The van der Waals surface area contributed by atoms with Crippen LogP contribution in [0.15, 0.2) is 23.7 Å². The molecule has 0 saturated heterocycles. The van der Waals surface area contributed by atoms with Crippen molar-refractivity contribution in [1.29, 1.82) is 0 Å². The lowest BCUT2D eigenvalue weighted by Gasteiger charge is -2.42. The van der Waals surface area contributed by atoms with E-state index in [4.69, 9.17) is 14.5 Å². The van der Waals surface area contributed by atoms with Crippen molar-refractivity contribution in [3.8, 4) is 0 Å². The van der Waals surface area contributed by atoms with Gasteiger partial charge in [0.05, 0.1) is 13.2 Å². The van der Waals surface area contributed by atoms with Gasteiger partial charge in [-0.15, -0.1) is 0 Å². The van der Waals surface area contributed by atoms with E-state index < -0.39 is 0 Å². The summed E-state index contributed by atoms with van der Waals surface area (Å²) in [7, 11) is 1.56. The van der Waals surface area contributed by atoms with E-state index in [0.717, 1.165) is 11.5 Å². The molecule has 0 aromatic carbocycles. The molecule has 1 aliphatic rings. The molecule has 0 fully saturated rings. The van der Waals surface area contributed by atoms with Gasteiger partial charge < -0.3 is 4.74 Å². The minimum atomic E-state index is -0.137. The molecule has 0 N–H and O–H groups in total. The molecule has 3 heteroatoms. The summed E-state index contributed by atoms with van der Waals surface area (Å²) in [5, 5.41) is 0. The minimum absolute atomic E-state index is 0.0111. The Kier molecular flexibility index (Phi) is 5.57. The second-order valence-electron chi connectivity index (χ2n) is 8.74. The van der Waals surface area contributed by atoms with Gasteiger partial charge in [0, 0.05) is 16.2 Å². The Bertz CT molecular complexity index is 416. The number of ether oxygens (including phenoxy) is 1. The molecule has 2 unspecified atom stereocenters. The van der Waals surface area contributed by atoms with Crippen LogP contribution in [0, 0.1) is 22.2 Å². The summed E-state index contributed by atoms with van der Waals surface area (Å²) in [4.78, 5) is 10.2. The fraction of sp³-hybridized carbons (Fsp3) is 0.789. The lowest BCUT2D eigenvalue weighted by atomic mass is 9.70. The highest BCUT2D eigenvalue weighted by atomic mass is 17.2. The molecule has 22 heavy (non-hydrogen) atoms. The number of hydrogen-bond donors (Lipinski definition) is 0. The first-order valence-electron chi connectivity index (χ1n) is 8.15. The highest BCUT2D eigenvalue weighted by Crippen LogP contribution is 2.47. The lowest BCUT2D eigenvalue weighted by Crippen LogP contribution is -2.36. The maximum Gasteiger partial charge on any atom is 0.106 e. The topological polar surface area (TPSA) is 27.7 Å². The van der Waals surface area contributed by atoms with Crippen LogP contribution in [0.4, 0.5) is 0 Å². The van der Waals surface area contributed by atoms with E-state index >= 15 is 0 Å². The van der Waals surface area contributed by atoms with E-state index in [-0.39, 0.29) is 28.3 Å². The summed E-state index contributed by atoms with van der Waals surface area (Å²) in [6.07, 6.45) is 4.49. The van der Waals surface area contributed by atoms with E-state index in [1.165, 1.54) is 0 Å². The van der Waals surface area contributed by atoms with Gasteiger partial charge in [0.25, 0.3) is 0 Å². The zero-order valence-electron chi connectivity index (χ0n) is 16.0. The summed E-state index contributed by atoms with van der Waals surface area (Å²) >= 11 is 0. The maximum atomic E-state index is 6.25. The Balaban J connectivity index is 3.29. The van der Waals surface area contributed by atoms with E-state index in [9.17, 15) is 0 Å². The minimum Gasteiger partial charge on any atom is -0.466 e. The molecule has 0 amide bonds. The third-order valence-electron chi connectivity index (χ3n) is 4.52. The van der Waals surface area contributed by atoms with Crippen LogP contribution in [0.1, 0.15) is 62.3 Å². The van der Waals surface area contributed by atoms with Gasteiger partial charge in [-0.3, -0.25) is 0 Å². The number of rotatable bonds is 4. The Morgan fingerprint density at radius 1 is 0.955 bits per heavy atom. The predicted octanol–water partition coefficient (Wildman–Crippen LogP) is 5.49. The van der Waals surface area contributed by atoms with Crippen LogP contribution in [0.25, 0.3) is 0 Å². The summed E-state index contributed by atoms with van der Waals surface area (Å²) in [5.74, 6) is 2.31. The summed E-state index contributed by atoms with van der Waals surface area (Å²) < 4.78 is 6.25. The predicted molar refractivity (Wildman–Crippen MR) is 91.0 cm³/mol. The molecule has 2 atom stereocenters. The fourth-order valence-electron chi connectivity index (χ4n) is 2.53. The van der Waals surface area contributed by atoms with Crippen molar-refractivity contribution in [2.75, 3.05) is 7.11 Å². The molecule has 1 heterocycles. The molecular weight excluding hydrogens is 276 g/mol. The van der Waals surface area contributed by atoms with Gasteiger partial charge in [-0.05, 0) is 25.0 Å². The first kappa shape index (κ1) is 19.2. The van der Waals surface area contributed by atoms with Gasteiger partial charge in [-0.25, -0.2) is 9.78 Å². The smallest absolute Gasteiger partial charge is 0.106 e. The average Bonchev–Trinajstić information content (AvgIpc) is 2.35. The van der Waals surface area contributed by atoms with Crippen molar-refractivity contribution in [3.05, 3.63) is 23.7 Å². The van der Waals surface area contributed by atoms with Crippen LogP contribution in [0.3, 0.4) is 0 Å². The molecule has 3 nitrogen and oxygen atoms in total. The SMILES string of the molecule is COOC(C)C(C)C1(C)C=C(C(C)(C)C)OC(C(C)(C)C)=C1. The third-order valence-corrected chi connectivity index (χ3v) is 4.52. The Morgan fingerprint density at radius 3 is 1.68 bits per heavy atom. The van der Waals surface area contributed by atoms with Crippen molar-refractivity contribution in [3.63, 3.8) is 0 Å². The molecule has 1 aliphatic heterocycles. The van der Waals surface area contributed by atoms with Crippen molar-refractivity contribution in [2.24, 2.45) is 22.2 Å². The molecule has 0 radical (unpaired) electrons. The van der Waals surface area contributed by atoms with Gasteiger partial charge in [0.2, 0.25) is 0 Å². The van der Waals surface area contributed by atoms with E-state index in [1.54, 1.807) is 7.11 Å². The zero-order valence-corrected chi connectivity index (χ0v) is 16.0. The standard InChI is InChI=1S/C19H34O3/c1-13(14(2)22-20-10)19(9)11-15(17(3,4)5)21-16(12-19)18(6,7)8/h11-14H,1-10H3. The van der Waals surface area contributed by atoms with Crippen molar-refractivity contribution in [1.82, 2.24) is 0 Å². The molecule has 0 saturated carbocycles. The fourth-order valence-corrected chi connectivity index (χ4v) is 2.53. The molecule has 128 valence electrons. The van der Waals surface area contributed by atoms with Gasteiger partial charge in [-0.1, -0.05) is 55.4 Å². The van der Waals surface area contributed by atoms with Crippen LogP contribution in [-0.2, 0) is 14.5 Å². The molecule has 0 aliphatic carbocycles. The van der Waals surface area contributed by atoms with Crippen molar-refractivity contribution >= 4 is 0 Å². The van der Waals surface area contributed by atoms with Crippen molar-refractivity contribution < 1.29 is 14.5 Å². The molecule has 0 bridgehead atoms. The van der Waals surface area contributed by atoms with E-state index in [0.29, 0.717) is 0 Å². The van der Waals surface area contributed by atoms with Crippen LogP contribution in [0.2, 0.25) is 0 Å². The molecular formula is C19H34O3. The summed E-state index contributed by atoms with van der Waals surface area (Å²) in [5.41, 5.74) is -0.199. The monoisotopic (exact) mass is 310 g/mol. The normalized spacial score (nSPS) is 21.5. The van der Waals surface area contributed by atoms with Crippen LogP contribution >= 0.6 is 0 Å². The Morgan fingerprint density at radius 2 is 1.36 bits per heavy atom. The van der Waals surface area contributed by atoms with Gasteiger partial charge in [-0.2, -0.15) is 0 Å². The second-order valence-corrected chi connectivity index (χ2v) is 8.74. The summed E-state index contributed by atoms with van der Waals surface area (Å²) in [6, 6.07) is 0. The Labute approximate surface area is 136 Å². The number of allylic oxidation sites excluding steroid dienone is 4. The van der Waals surface area contributed by atoms with E-state index in [1.807, 2.05) is 6.92 Å². The zero-order chi connectivity index (χ0) is 17.3. The number of hydrogen-bond acceptors (Lipinski definition) is 3. The highest BCUT2D eigenvalue weighted by molar-refractivity contribution is 5.27. The average molecular weight is 310 g/mol. The molecule has 0 spiro atoms. The third kappa shape index (κ3) is 4.36. The molecule has 1 rings (SSSR count). The second kappa shape index (κ2) is 6.37. The van der Waals surface area contributed by atoms with E-state index in [2.05, 4.69) is 67.5 Å².